The fourth-order valence-electron chi connectivity index (χ4n) is 4.63. The predicted octanol–water partition coefficient (Wildman–Crippen LogP) is 2.15. The van der Waals surface area contributed by atoms with Crippen molar-refractivity contribution in [3.8, 4) is 0 Å². The van der Waals surface area contributed by atoms with Crippen molar-refractivity contribution in [3.63, 3.8) is 0 Å². The van der Waals surface area contributed by atoms with E-state index < -0.39 is 5.41 Å². The van der Waals surface area contributed by atoms with Crippen molar-refractivity contribution in [2.24, 2.45) is 11.3 Å². The van der Waals surface area contributed by atoms with E-state index in [9.17, 15) is 14.0 Å². The smallest absolute Gasteiger partial charge is 0.290 e. The molecule has 0 aromatic heterocycles. The molecule has 3 rings (SSSR count). The molecule has 1 aromatic carbocycles. The number of hydrogen-bond acceptors (Lipinski definition) is 4. The van der Waals surface area contributed by atoms with Crippen LogP contribution in [0, 0.1) is 17.2 Å². The maximum atomic E-state index is 14.3. The molecule has 2 aliphatic rings. The first-order valence-electron chi connectivity index (χ1n) is 10.8. The molecule has 0 radical (unpaired) electrons. The van der Waals surface area contributed by atoms with Gasteiger partial charge in [0, 0.05) is 45.7 Å². The van der Waals surface area contributed by atoms with Crippen LogP contribution in [0.3, 0.4) is 0 Å². The number of halogens is 1. The zero-order chi connectivity index (χ0) is 23.0. The lowest BCUT2D eigenvalue weighted by molar-refractivity contribution is -0.155. The van der Waals surface area contributed by atoms with E-state index in [1.165, 1.54) is 6.07 Å². The molecule has 2 saturated heterocycles. The third kappa shape index (κ3) is 6.50. The van der Waals surface area contributed by atoms with Gasteiger partial charge in [-0.25, -0.2) is 4.39 Å². The number of nitrogens with zero attached hydrogens (tertiary/aromatic N) is 2. The average molecular weight is 436 g/mol. The minimum Gasteiger partial charge on any atom is -0.483 e. The first kappa shape index (κ1) is 24.8. The van der Waals surface area contributed by atoms with Crippen molar-refractivity contribution in [2.45, 2.75) is 45.6 Å². The second kappa shape index (κ2) is 11.2. The van der Waals surface area contributed by atoms with Gasteiger partial charge >= 0.3 is 0 Å². The topological polar surface area (TPSA) is 90.0 Å². The van der Waals surface area contributed by atoms with Crippen LogP contribution in [0.25, 0.3) is 0 Å². The molecule has 31 heavy (non-hydrogen) atoms. The van der Waals surface area contributed by atoms with Gasteiger partial charge in [0.05, 0.1) is 5.41 Å². The van der Waals surface area contributed by atoms with Crippen molar-refractivity contribution in [1.29, 1.82) is 0 Å². The lowest BCUT2D eigenvalue weighted by Crippen LogP contribution is -2.66. The van der Waals surface area contributed by atoms with E-state index in [1.807, 2.05) is 13.1 Å². The van der Waals surface area contributed by atoms with Crippen LogP contribution >= 0.6 is 0 Å². The molecular formula is C23H34FN3O4. The van der Waals surface area contributed by atoms with Crippen LogP contribution in [0.2, 0.25) is 0 Å². The molecule has 172 valence electrons. The number of benzene rings is 1. The Kier molecular flexibility index (Phi) is 8.98. The highest BCUT2D eigenvalue weighted by Crippen LogP contribution is 2.39. The lowest BCUT2D eigenvalue weighted by Gasteiger charge is -2.53. The Hall–Kier alpha value is -2.48. The van der Waals surface area contributed by atoms with Crippen LogP contribution in [0.5, 0.6) is 0 Å². The number of carboxylic acid groups (broad SMARTS) is 1. The Morgan fingerprint density at radius 2 is 2.00 bits per heavy atom. The quantitative estimate of drug-likeness (QED) is 0.669. The number of nitrogens with one attached hydrogen (secondary N) is 1. The van der Waals surface area contributed by atoms with E-state index in [0.29, 0.717) is 56.5 Å². The number of carbonyl (C=O) groups excluding carboxylic acids is 2. The summed E-state index contributed by atoms with van der Waals surface area (Å²) in [5.74, 6) is 0.343. The molecule has 2 heterocycles. The van der Waals surface area contributed by atoms with E-state index in [-0.39, 0.29) is 24.1 Å². The van der Waals surface area contributed by atoms with Gasteiger partial charge in [0.15, 0.2) is 0 Å². The first-order chi connectivity index (χ1) is 14.7. The molecule has 2 fully saturated rings. The molecule has 8 heteroatoms. The maximum absolute atomic E-state index is 14.3. The summed E-state index contributed by atoms with van der Waals surface area (Å²) in [5, 5.41) is 9.81. The summed E-state index contributed by atoms with van der Waals surface area (Å²) in [5.41, 5.74) is 0.0152. The Morgan fingerprint density at radius 3 is 2.61 bits per heavy atom. The third-order valence-electron chi connectivity index (χ3n) is 5.96. The van der Waals surface area contributed by atoms with Gasteiger partial charge in [-0.2, -0.15) is 0 Å². The van der Waals surface area contributed by atoms with Gasteiger partial charge in [-0.1, -0.05) is 32.0 Å². The molecule has 1 unspecified atom stereocenters. The molecule has 1 atom stereocenters. The fraction of sp³-hybridized carbons (Fsp3) is 0.609. The largest absolute Gasteiger partial charge is 0.483 e. The van der Waals surface area contributed by atoms with Crippen LogP contribution in [0.1, 0.15) is 38.7 Å². The summed E-state index contributed by atoms with van der Waals surface area (Å²) < 4.78 is 14.3. The zero-order valence-electron chi connectivity index (χ0n) is 18.6. The van der Waals surface area contributed by atoms with Gasteiger partial charge in [0.2, 0.25) is 11.8 Å². The van der Waals surface area contributed by atoms with Crippen molar-refractivity contribution < 1.29 is 23.9 Å². The molecule has 2 aliphatic heterocycles. The van der Waals surface area contributed by atoms with Crippen LogP contribution in [-0.4, -0.2) is 72.5 Å². The Labute approximate surface area is 183 Å². The number of likely N-dealkylation sites (tertiary alicyclic amines) is 1. The minimum absolute atomic E-state index is 0.100. The Bertz CT molecular complexity index is 765. The lowest BCUT2D eigenvalue weighted by atomic mass is 9.72. The van der Waals surface area contributed by atoms with E-state index in [4.69, 9.17) is 9.90 Å². The van der Waals surface area contributed by atoms with Crippen LogP contribution in [0.4, 0.5) is 4.39 Å². The van der Waals surface area contributed by atoms with Gasteiger partial charge < -0.3 is 15.3 Å². The SMILES string of the molecule is CC(C)CN(C)C(=O)C1(Cc2ccccc2F)CN(C2CCNC(=O)CC2)C1.O=CO. The normalized spacial score (nSPS) is 20.5. The molecule has 2 amide bonds. The van der Waals surface area contributed by atoms with E-state index >= 15 is 0 Å². The molecule has 0 aliphatic carbocycles. The van der Waals surface area contributed by atoms with Crippen molar-refractivity contribution in [1.82, 2.24) is 15.1 Å². The minimum atomic E-state index is -0.588. The number of rotatable bonds is 6. The zero-order valence-corrected chi connectivity index (χ0v) is 18.6. The van der Waals surface area contributed by atoms with E-state index in [1.54, 1.807) is 17.0 Å². The Morgan fingerprint density at radius 1 is 1.35 bits per heavy atom. The Balaban J connectivity index is 0.00000107. The van der Waals surface area contributed by atoms with Gasteiger partial charge in [-0.15, -0.1) is 0 Å². The highest BCUT2D eigenvalue weighted by atomic mass is 19.1. The summed E-state index contributed by atoms with van der Waals surface area (Å²) in [6.07, 6.45) is 2.67. The molecule has 7 nitrogen and oxygen atoms in total. The number of hydrogen-bond donors (Lipinski definition) is 2. The summed E-state index contributed by atoms with van der Waals surface area (Å²) in [6.45, 7) is 6.57. The molecule has 0 bridgehead atoms. The second-order valence-corrected chi connectivity index (χ2v) is 8.97. The summed E-state index contributed by atoms with van der Waals surface area (Å²) in [4.78, 5) is 37.5. The second-order valence-electron chi connectivity index (χ2n) is 8.97. The molecule has 1 aromatic rings. The molecule has 2 N–H and O–H groups in total. The van der Waals surface area contributed by atoms with Gasteiger partial charge in [0.25, 0.3) is 6.47 Å². The van der Waals surface area contributed by atoms with Gasteiger partial charge in [-0.05, 0) is 36.8 Å². The summed E-state index contributed by atoms with van der Waals surface area (Å²) in [7, 11) is 1.85. The summed E-state index contributed by atoms with van der Waals surface area (Å²) in [6, 6.07) is 7.05. The van der Waals surface area contributed by atoms with E-state index in [0.717, 1.165) is 12.8 Å². The highest BCUT2D eigenvalue weighted by Gasteiger charge is 2.52. The number of carbonyl (C=O) groups is 3. The van der Waals surface area contributed by atoms with Crippen molar-refractivity contribution >= 4 is 18.3 Å². The summed E-state index contributed by atoms with van der Waals surface area (Å²) >= 11 is 0. The third-order valence-corrected chi connectivity index (χ3v) is 5.96. The predicted molar refractivity (Wildman–Crippen MR) is 116 cm³/mol. The maximum Gasteiger partial charge on any atom is 0.290 e. The molecule has 0 saturated carbocycles. The number of amides is 2. The van der Waals surface area contributed by atoms with Crippen LogP contribution in [-0.2, 0) is 20.8 Å². The molecular weight excluding hydrogens is 401 g/mol. The van der Waals surface area contributed by atoms with Gasteiger partial charge in [-0.3, -0.25) is 19.3 Å². The standard InChI is InChI=1S/C22H32FN3O2.CH2O2/c1-16(2)13-25(3)21(28)22(12-17-6-4-5-7-19(17)23)14-26(15-22)18-8-9-20(27)24-11-10-18;2-1-3/h4-7,16,18H,8-15H2,1-3H3,(H,24,27);1H,(H,2,3). The van der Waals surface area contributed by atoms with Gasteiger partial charge in [0.1, 0.15) is 5.82 Å². The van der Waals surface area contributed by atoms with Crippen LogP contribution < -0.4 is 5.32 Å². The van der Waals surface area contributed by atoms with E-state index in [2.05, 4.69) is 24.1 Å². The van der Waals surface area contributed by atoms with Crippen molar-refractivity contribution in [2.75, 3.05) is 33.2 Å². The monoisotopic (exact) mass is 435 g/mol. The average Bonchev–Trinajstić information content (AvgIpc) is 2.90. The van der Waals surface area contributed by atoms with Crippen molar-refractivity contribution in [3.05, 3.63) is 35.6 Å². The molecule has 0 spiro atoms. The first-order valence-corrected chi connectivity index (χ1v) is 10.8. The van der Waals surface area contributed by atoms with Crippen LogP contribution in [0.15, 0.2) is 24.3 Å². The fourth-order valence-corrected chi connectivity index (χ4v) is 4.63. The highest BCUT2D eigenvalue weighted by molar-refractivity contribution is 5.84.